The van der Waals surface area contributed by atoms with Crippen LogP contribution in [0, 0.1) is 13.8 Å². The van der Waals surface area contributed by atoms with Crippen molar-refractivity contribution >= 4 is 100 Å². The van der Waals surface area contributed by atoms with Crippen molar-refractivity contribution in [2.45, 2.75) is 44.4 Å². The van der Waals surface area contributed by atoms with Crippen LogP contribution in [0.1, 0.15) is 9.75 Å². The summed E-state index contributed by atoms with van der Waals surface area (Å²) in [6, 6.07) is 0. The quantitative estimate of drug-likeness (QED) is 0.288. The zero-order valence-corrected chi connectivity index (χ0v) is 21.7. The van der Waals surface area contributed by atoms with Gasteiger partial charge < -0.3 is 0 Å². The van der Waals surface area contributed by atoms with E-state index in [-0.39, 0.29) is 0 Å². The Labute approximate surface area is 194 Å². The van der Waals surface area contributed by atoms with Crippen molar-refractivity contribution < 1.29 is 19.9 Å². The molecule has 0 N–H and O–H groups in total. The molecule has 0 saturated heterocycles. The number of hydrogen-bond acceptors (Lipinski definition) is 6. The van der Waals surface area contributed by atoms with Gasteiger partial charge in [-0.1, -0.05) is 23.5 Å². The Balaban J connectivity index is 0.000000158. The Bertz CT molecular complexity index is 708. The average molecular weight is 575 g/mol. The maximum atomic E-state index is 13.0. The van der Waals surface area contributed by atoms with Crippen molar-refractivity contribution in [1.29, 1.82) is 0 Å². The van der Waals surface area contributed by atoms with Gasteiger partial charge in [-0.25, -0.2) is 8.78 Å². The van der Waals surface area contributed by atoms with Crippen LogP contribution in [-0.4, -0.2) is 22.5 Å². The van der Waals surface area contributed by atoms with Crippen LogP contribution >= 0.6 is 100 Å². The molecule has 149 valence electrons. The van der Waals surface area contributed by atoms with Crippen LogP contribution in [0.25, 0.3) is 0 Å². The van der Waals surface area contributed by atoms with Gasteiger partial charge in [0.2, 0.25) is 0 Å². The first-order valence-corrected chi connectivity index (χ1v) is 17.0. The molecule has 0 bridgehead atoms. The Morgan fingerprint density at radius 3 is 2.12 bits per heavy atom. The molecule has 2 aliphatic heterocycles. The van der Waals surface area contributed by atoms with Gasteiger partial charge in [0.15, 0.2) is 11.0 Å². The van der Waals surface area contributed by atoms with Gasteiger partial charge in [-0.3, -0.25) is 0 Å². The molecule has 26 heavy (non-hydrogen) atoms. The monoisotopic (exact) mass is 573 g/mol. The Hall–Kier alpha value is 2.05. The molecule has 2 atom stereocenters. The Morgan fingerprint density at radius 2 is 1.42 bits per heavy atom. The Morgan fingerprint density at radius 1 is 0.885 bits per heavy atom. The van der Waals surface area contributed by atoms with Gasteiger partial charge in [0.1, 0.15) is 0 Å². The molecule has 4 heterocycles. The van der Waals surface area contributed by atoms with Gasteiger partial charge in [-0.05, 0) is 13.8 Å². The van der Waals surface area contributed by atoms with Crippen LogP contribution in [0.2, 0.25) is 0 Å². The number of alkyl halides is 2. The molecule has 0 spiro atoms. The van der Waals surface area contributed by atoms with Crippen molar-refractivity contribution in [3.05, 3.63) is 20.5 Å². The van der Waals surface area contributed by atoms with E-state index < -0.39 is 22.2 Å². The van der Waals surface area contributed by atoms with Gasteiger partial charge >= 0.3 is 41.5 Å². The molecule has 0 saturated carbocycles. The Kier molecular flexibility index (Phi) is 11.3. The summed E-state index contributed by atoms with van der Waals surface area (Å²) < 4.78 is 25.7. The molecule has 2 aliphatic rings. The van der Waals surface area contributed by atoms with Crippen molar-refractivity contribution in [2.24, 2.45) is 0 Å². The molecule has 0 aromatic carbocycles. The van der Waals surface area contributed by atoms with Gasteiger partial charge in [-0.15, -0.1) is 34.9 Å². The molecule has 0 aliphatic carbocycles. The van der Waals surface area contributed by atoms with Crippen molar-refractivity contribution in [1.82, 2.24) is 0 Å². The van der Waals surface area contributed by atoms with E-state index in [1.807, 2.05) is 5.38 Å². The van der Waals surface area contributed by atoms with Gasteiger partial charge in [-0.2, -0.15) is 11.3 Å². The first-order valence-electron chi connectivity index (χ1n) is 6.98. The second-order valence-corrected chi connectivity index (χ2v) is 16.9. The van der Waals surface area contributed by atoms with Crippen LogP contribution in [0.5, 0.6) is 0 Å². The summed E-state index contributed by atoms with van der Waals surface area (Å²) in [6.45, 7) is 4.19. The van der Waals surface area contributed by atoms with E-state index in [1.165, 1.54) is 48.0 Å². The molecule has 0 amide bonds. The standard InChI is InChI=1S/C8H9FS3.C6H5FS3.3ClH.Fe/c1-4-7-8(5(2)11-4)12-6(9)3-10-7;7-6-3-9-4-1-8-2-5(4)10-6;;;;/h6H,3H2,1-2H3;1-2,6H,3H2;3*1H;/q;;;;;+3/p-3. The summed E-state index contributed by atoms with van der Waals surface area (Å²) in [5, 5.41) is 4.09. The minimum absolute atomic E-state index is 0.606. The fourth-order valence-electron chi connectivity index (χ4n) is 2.05. The maximum absolute atomic E-state index is 13.0. The fraction of sp³-hybridized carbons (Fsp3) is 0.429. The summed E-state index contributed by atoms with van der Waals surface area (Å²) in [4.78, 5) is 7.48. The number of aryl methyl sites for hydroxylation is 2. The fourth-order valence-corrected chi connectivity index (χ4v) is 9.17. The number of thioether (sulfide) groups is 4. The number of hydrogen-bond donors (Lipinski definition) is 0. The minimum atomic E-state index is -1.33. The summed E-state index contributed by atoms with van der Waals surface area (Å²) in [5.41, 5.74) is -1.41. The molecule has 0 radical (unpaired) electrons. The summed E-state index contributed by atoms with van der Waals surface area (Å²) in [7, 11) is 14.7. The molecule has 12 heteroatoms. The van der Waals surface area contributed by atoms with Crippen LogP contribution in [0.4, 0.5) is 8.78 Å². The van der Waals surface area contributed by atoms with E-state index in [9.17, 15) is 8.78 Å². The van der Waals surface area contributed by atoms with E-state index in [1.54, 1.807) is 46.2 Å². The molecular weight excluding hydrogens is 561 g/mol. The number of rotatable bonds is 0. The van der Waals surface area contributed by atoms with Gasteiger partial charge in [0.25, 0.3) is 0 Å². The molecule has 2 aromatic heterocycles. The molecular formula is C14H14Cl3F2FeS6. The van der Waals surface area contributed by atoms with Crippen LogP contribution < -0.4 is 0 Å². The van der Waals surface area contributed by atoms with Crippen molar-refractivity contribution in [2.75, 3.05) is 11.5 Å². The molecule has 4 rings (SSSR count). The predicted octanol–water partition coefficient (Wildman–Crippen LogP) is 9.17. The van der Waals surface area contributed by atoms with E-state index >= 15 is 0 Å². The molecule has 0 nitrogen and oxygen atoms in total. The molecule has 2 unspecified atom stereocenters. The predicted molar refractivity (Wildman–Crippen MR) is 119 cm³/mol. The third-order valence-electron chi connectivity index (χ3n) is 2.97. The van der Waals surface area contributed by atoms with Crippen molar-refractivity contribution in [3.8, 4) is 0 Å². The number of fused-ring (bicyclic) bond motifs is 2. The van der Waals surface area contributed by atoms with E-state index in [4.69, 9.17) is 30.3 Å². The van der Waals surface area contributed by atoms with Gasteiger partial charge in [0.05, 0.1) is 0 Å². The SMILES string of the molecule is Cc1sc(C)c2c1SCC(F)S2.FC1CSc2cscc2S1.[Cl][Fe]([Cl])[Cl]. The zero-order valence-electron chi connectivity index (χ0n) is 13.4. The number of halogens is 5. The third kappa shape index (κ3) is 7.71. The second kappa shape index (κ2) is 12.0. The average Bonchev–Trinajstić information content (AvgIpc) is 3.12. The van der Waals surface area contributed by atoms with E-state index in [0.29, 0.717) is 11.5 Å². The molecule has 2 aromatic rings. The second-order valence-electron chi connectivity index (χ2n) is 4.80. The number of thiophene rings is 2. The van der Waals surface area contributed by atoms with E-state index in [0.717, 1.165) is 4.90 Å². The summed E-state index contributed by atoms with van der Waals surface area (Å²) >= 11 is 8.09. The molecule has 0 fully saturated rings. The zero-order chi connectivity index (χ0) is 19.3. The van der Waals surface area contributed by atoms with Crippen LogP contribution in [-0.2, 0) is 11.2 Å². The third-order valence-corrected chi connectivity index (χ3v) is 10.5. The first kappa shape index (κ1) is 24.3. The van der Waals surface area contributed by atoms with E-state index in [2.05, 4.69) is 19.2 Å². The first-order chi connectivity index (χ1) is 12.3. The van der Waals surface area contributed by atoms with Crippen LogP contribution in [0.15, 0.2) is 30.3 Å². The topological polar surface area (TPSA) is 0 Å². The normalized spacial score (nSPS) is 21.4. The van der Waals surface area contributed by atoms with Crippen molar-refractivity contribution in [3.63, 3.8) is 0 Å². The van der Waals surface area contributed by atoms with Crippen LogP contribution in [0.3, 0.4) is 0 Å². The summed E-state index contributed by atoms with van der Waals surface area (Å²) in [6.07, 6.45) is 0. The summed E-state index contributed by atoms with van der Waals surface area (Å²) in [5.74, 6) is 1.21. The van der Waals surface area contributed by atoms with Gasteiger partial charge in [0, 0.05) is 51.6 Å².